The molecule has 0 bridgehead atoms. The molecule has 1 saturated carbocycles. The molecule has 1 aliphatic heterocycles. The Labute approximate surface area is 207 Å². The van der Waals surface area contributed by atoms with E-state index in [0.717, 1.165) is 6.42 Å². The van der Waals surface area contributed by atoms with Gasteiger partial charge in [-0.2, -0.15) is 0 Å². The van der Waals surface area contributed by atoms with Crippen LogP contribution in [0.1, 0.15) is 69.8 Å². The molecule has 0 radical (unpaired) electrons. The van der Waals surface area contributed by atoms with Crippen LogP contribution >= 0.6 is 0 Å². The normalized spacial score (nSPS) is 26.4. The molecule has 1 aromatic rings. The third-order valence-electron chi connectivity index (χ3n) is 6.74. The van der Waals surface area contributed by atoms with E-state index >= 15 is 0 Å². The van der Waals surface area contributed by atoms with Crippen LogP contribution in [0, 0.1) is 17.8 Å². The van der Waals surface area contributed by atoms with Gasteiger partial charge in [0.25, 0.3) is 5.91 Å². The van der Waals surface area contributed by atoms with E-state index < -0.39 is 29.8 Å². The van der Waals surface area contributed by atoms with Crippen molar-refractivity contribution in [3.63, 3.8) is 0 Å². The van der Waals surface area contributed by atoms with Crippen LogP contribution in [0.3, 0.4) is 0 Å². The number of hydrogen-bond donors (Lipinski definition) is 2. The molecule has 2 heterocycles. The van der Waals surface area contributed by atoms with Gasteiger partial charge in [0.15, 0.2) is 23.2 Å². The Balaban J connectivity index is 1.73. The number of nitrogens with zero attached hydrogens (tertiary/aromatic N) is 1. The first-order valence-corrected chi connectivity index (χ1v) is 12.7. The van der Waals surface area contributed by atoms with Crippen LogP contribution < -0.4 is 10.1 Å². The van der Waals surface area contributed by atoms with Gasteiger partial charge in [-0.25, -0.2) is 9.78 Å². The number of aromatic hydroxyl groups is 1. The van der Waals surface area contributed by atoms with Crippen LogP contribution in [0.4, 0.5) is 0 Å². The Hall–Kier alpha value is -2.39. The van der Waals surface area contributed by atoms with Crippen LogP contribution in [0.15, 0.2) is 12.3 Å². The zero-order chi connectivity index (χ0) is 25.4. The molecule has 1 aromatic heterocycles. The summed E-state index contributed by atoms with van der Waals surface area (Å²) in [5.41, 5.74) is -0.238. The maximum absolute atomic E-state index is 13.0. The first-order chi connectivity index (χ1) is 16.8. The van der Waals surface area contributed by atoms with Crippen molar-refractivity contribution >= 4 is 11.9 Å². The minimum atomic E-state index is -1.04. The number of esters is 1. The fourth-order valence-electron chi connectivity index (χ4n) is 4.94. The van der Waals surface area contributed by atoms with Crippen molar-refractivity contribution in [3.05, 3.63) is 18.0 Å². The second-order valence-corrected chi connectivity index (χ2v) is 10.1. The van der Waals surface area contributed by atoms with Gasteiger partial charge in [-0.05, 0) is 25.2 Å². The second kappa shape index (κ2) is 13.1. The second-order valence-electron chi connectivity index (χ2n) is 10.1. The third kappa shape index (κ3) is 7.54. The van der Waals surface area contributed by atoms with Crippen molar-refractivity contribution < 1.29 is 33.6 Å². The highest BCUT2D eigenvalue weighted by molar-refractivity contribution is 5.98. The lowest BCUT2D eigenvalue weighted by Crippen LogP contribution is -2.46. The number of nitrogens with one attached hydrogen (secondary N) is 1. The predicted molar refractivity (Wildman–Crippen MR) is 129 cm³/mol. The number of hydrogen-bond acceptors (Lipinski definition) is 8. The molecule has 1 amide bonds. The standard InChI is InChI=1S/C26H40N2O7/c1-16(2)13-34-24-17(3)35-26(31)20(15-33-14-19(24)12-18-8-6-5-7-9-18)28-25(30)22-23(29)21(32-4)10-11-27-22/h10-11,16-20,24,29H,5-9,12-15H2,1-4H3,(H,28,30). The number of carbonyl (C=O) groups is 2. The Bertz CT molecular complexity index is 841. The predicted octanol–water partition coefficient (Wildman–Crippen LogP) is 3.48. The van der Waals surface area contributed by atoms with Gasteiger partial charge in [-0.3, -0.25) is 4.79 Å². The smallest absolute Gasteiger partial charge is 0.331 e. The fraction of sp³-hybridized carbons (Fsp3) is 0.731. The molecule has 9 nitrogen and oxygen atoms in total. The molecule has 1 saturated heterocycles. The minimum Gasteiger partial charge on any atom is -0.503 e. The molecule has 2 aliphatic rings. The SMILES string of the molecule is COc1ccnc(C(=O)NC2COCC(CC3CCCCC3)C(OCC(C)C)C(C)OC2=O)c1O. The molecule has 4 atom stereocenters. The van der Waals surface area contributed by atoms with Crippen LogP contribution in [0.5, 0.6) is 11.5 Å². The van der Waals surface area contributed by atoms with Crippen LogP contribution in [0.25, 0.3) is 0 Å². The number of cyclic esters (lactones) is 1. The van der Waals surface area contributed by atoms with E-state index in [1.54, 1.807) is 0 Å². The first kappa shape index (κ1) is 27.2. The third-order valence-corrected chi connectivity index (χ3v) is 6.74. The van der Waals surface area contributed by atoms with Crippen molar-refractivity contribution in [3.8, 4) is 11.5 Å². The zero-order valence-corrected chi connectivity index (χ0v) is 21.3. The summed E-state index contributed by atoms with van der Waals surface area (Å²) in [4.78, 5) is 29.7. The quantitative estimate of drug-likeness (QED) is 0.530. The summed E-state index contributed by atoms with van der Waals surface area (Å²) in [5, 5.41) is 12.9. The maximum atomic E-state index is 13.0. The van der Waals surface area contributed by atoms with Crippen LogP contribution in [-0.2, 0) is 19.0 Å². The number of carbonyl (C=O) groups excluding carboxylic acids is 2. The molecule has 35 heavy (non-hydrogen) atoms. The number of pyridine rings is 1. The number of ether oxygens (including phenoxy) is 4. The van der Waals surface area contributed by atoms with Gasteiger partial charge in [-0.1, -0.05) is 46.0 Å². The van der Waals surface area contributed by atoms with Gasteiger partial charge >= 0.3 is 5.97 Å². The summed E-state index contributed by atoms with van der Waals surface area (Å²) in [7, 11) is 1.38. The first-order valence-electron chi connectivity index (χ1n) is 12.7. The molecule has 2 N–H and O–H groups in total. The van der Waals surface area contributed by atoms with Gasteiger partial charge in [-0.15, -0.1) is 0 Å². The van der Waals surface area contributed by atoms with Crippen LogP contribution in [0.2, 0.25) is 0 Å². The molecule has 4 unspecified atom stereocenters. The lowest BCUT2D eigenvalue weighted by atomic mass is 9.80. The molecular weight excluding hydrogens is 452 g/mol. The van der Waals surface area contributed by atoms with Crippen molar-refractivity contribution in [2.45, 2.75) is 77.5 Å². The summed E-state index contributed by atoms with van der Waals surface area (Å²) >= 11 is 0. The van der Waals surface area contributed by atoms with E-state index in [9.17, 15) is 14.7 Å². The Morgan fingerprint density at radius 3 is 2.69 bits per heavy atom. The highest BCUT2D eigenvalue weighted by atomic mass is 16.6. The van der Waals surface area contributed by atoms with Gasteiger partial charge in [0.05, 0.1) is 26.4 Å². The number of rotatable bonds is 8. The molecule has 3 rings (SSSR count). The maximum Gasteiger partial charge on any atom is 0.331 e. The number of methoxy groups -OCH3 is 1. The molecule has 2 fully saturated rings. The lowest BCUT2D eigenvalue weighted by Gasteiger charge is -2.34. The number of amides is 1. The van der Waals surface area contributed by atoms with Gasteiger partial charge < -0.3 is 29.4 Å². The summed E-state index contributed by atoms with van der Waals surface area (Å²) in [6, 6.07) is 0.395. The Morgan fingerprint density at radius 2 is 2.00 bits per heavy atom. The average molecular weight is 493 g/mol. The van der Waals surface area contributed by atoms with Crippen molar-refractivity contribution in [1.82, 2.24) is 10.3 Å². The summed E-state index contributed by atoms with van der Waals surface area (Å²) in [6.45, 7) is 6.96. The lowest BCUT2D eigenvalue weighted by molar-refractivity contribution is -0.161. The van der Waals surface area contributed by atoms with Crippen molar-refractivity contribution in [2.24, 2.45) is 17.8 Å². The highest BCUT2D eigenvalue weighted by Crippen LogP contribution is 2.33. The highest BCUT2D eigenvalue weighted by Gasteiger charge is 2.37. The summed E-state index contributed by atoms with van der Waals surface area (Å²) < 4.78 is 23.1. The minimum absolute atomic E-state index is 0.0416. The Morgan fingerprint density at radius 1 is 1.26 bits per heavy atom. The van der Waals surface area contributed by atoms with Gasteiger partial charge in [0, 0.05) is 24.8 Å². The monoisotopic (exact) mass is 492 g/mol. The van der Waals surface area contributed by atoms with Gasteiger partial charge in [0.2, 0.25) is 0 Å². The largest absolute Gasteiger partial charge is 0.503 e. The Kier molecular flexibility index (Phi) is 10.2. The van der Waals surface area contributed by atoms with Crippen LogP contribution in [-0.4, -0.2) is 67.1 Å². The summed E-state index contributed by atoms with van der Waals surface area (Å²) in [5.74, 6) is -0.565. The van der Waals surface area contributed by atoms with Gasteiger partial charge in [0.1, 0.15) is 6.10 Å². The van der Waals surface area contributed by atoms with E-state index in [1.165, 1.54) is 51.5 Å². The molecule has 1 aliphatic carbocycles. The molecule has 0 spiro atoms. The van der Waals surface area contributed by atoms with Crippen molar-refractivity contribution in [1.29, 1.82) is 0 Å². The molecule has 0 aromatic carbocycles. The fourth-order valence-corrected chi connectivity index (χ4v) is 4.94. The van der Waals surface area contributed by atoms with Crippen molar-refractivity contribution in [2.75, 3.05) is 26.9 Å². The van der Waals surface area contributed by atoms with E-state index in [-0.39, 0.29) is 30.1 Å². The average Bonchev–Trinajstić information content (AvgIpc) is 2.87. The zero-order valence-electron chi connectivity index (χ0n) is 21.3. The van der Waals surface area contributed by atoms with E-state index in [2.05, 4.69) is 24.1 Å². The summed E-state index contributed by atoms with van der Waals surface area (Å²) in [6.07, 6.45) is 7.72. The van der Waals surface area contributed by atoms with E-state index in [4.69, 9.17) is 18.9 Å². The molecular formula is C26H40N2O7. The topological polar surface area (TPSA) is 116 Å². The number of aromatic nitrogens is 1. The van der Waals surface area contributed by atoms with E-state index in [0.29, 0.717) is 25.0 Å². The molecule has 196 valence electrons. The molecule has 9 heteroatoms. The van der Waals surface area contributed by atoms with E-state index in [1.807, 2.05) is 6.92 Å².